The number of nitrogens with zero attached hydrogens (tertiary/aromatic N) is 1. The highest BCUT2D eigenvalue weighted by Gasteiger charge is 2.01. The molecule has 0 saturated heterocycles. The van der Waals surface area contributed by atoms with Crippen molar-refractivity contribution in [1.82, 2.24) is 0 Å². The van der Waals surface area contributed by atoms with Gasteiger partial charge < -0.3 is 5.21 Å². The van der Waals surface area contributed by atoms with Crippen molar-refractivity contribution in [2.75, 3.05) is 0 Å². The van der Waals surface area contributed by atoms with Crippen LogP contribution in [0.4, 0.5) is 0 Å². The van der Waals surface area contributed by atoms with Crippen LogP contribution in [0.15, 0.2) is 66.9 Å². The minimum atomic E-state index is 0.660. The van der Waals surface area contributed by atoms with Crippen molar-refractivity contribution < 1.29 is 4.73 Å². The second kappa shape index (κ2) is 4.83. The minimum Gasteiger partial charge on any atom is -0.618 e. The summed E-state index contributed by atoms with van der Waals surface area (Å²) in [7, 11) is 0. The fourth-order valence-electron chi connectivity index (χ4n) is 1.94. The van der Waals surface area contributed by atoms with E-state index in [1.54, 1.807) is 12.1 Å². The fourth-order valence-corrected chi connectivity index (χ4v) is 1.94. The molecule has 0 spiro atoms. The third-order valence-corrected chi connectivity index (χ3v) is 2.89. The van der Waals surface area contributed by atoms with E-state index in [1.165, 1.54) is 6.20 Å². The number of benzene rings is 2. The molecule has 0 radical (unpaired) electrons. The molecular weight excluding hydrogens is 234 g/mol. The molecule has 19 heavy (non-hydrogen) atoms. The topological polar surface area (TPSA) is 26.9 Å². The quantitative estimate of drug-likeness (QED) is 0.340. The number of rotatable bonds is 0. The summed E-state index contributed by atoms with van der Waals surface area (Å²) in [6.07, 6.45) is 1.50. The van der Waals surface area contributed by atoms with Gasteiger partial charge in [-0.05, 0) is 30.3 Å². The summed E-state index contributed by atoms with van der Waals surface area (Å²) in [4.78, 5) is 0. The maximum Gasteiger partial charge on any atom is 0.223 e. The molecule has 0 saturated carbocycles. The van der Waals surface area contributed by atoms with Gasteiger partial charge in [0.2, 0.25) is 5.52 Å². The summed E-state index contributed by atoms with van der Waals surface area (Å²) in [5, 5.41) is 12.5. The Kier molecular flexibility index (Phi) is 2.88. The third kappa shape index (κ3) is 2.41. The van der Waals surface area contributed by atoms with Crippen LogP contribution in [0.3, 0.4) is 0 Å². The average Bonchev–Trinajstić information content (AvgIpc) is 2.46. The lowest BCUT2D eigenvalue weighted by molar-refractivity contribution is -0.577. The molecule has 2 nitrogen and oxygen atoms in total. The molecular formula is C17H11NO. The van der Waals surface area contributed by atoms with Gasteiger partial charge >= 0.3 is 0 Å². The van der Waals surface area contributed by atoms with Crippen molar-refractivity contribution in [3.05, 3.63) is 83.2 Å². The van der Waals surface area contributed by atoms with Crippen LogP contribution in [0.25, 0.3) is 10.9 Å². The van der Waals surface area contributed by atoms with Crippen molar-refractivity contribution in [2.45, 2.75) is 0 Å². The van der Waals surface area contributed by atoms with Crippen molar-refractivity contribution in [3.8, 4) is 11.8 Å². The number of hydrogen-bond donors (Lipinski definition) is 0. The smallest absolute Gasteiger partial charge is 0.223 e. The second-order valence-corrected chi connectivity index (χ2v) is 4.22. The normalized spacial score (nSPS) is 9.89. The van der Waals surface area contributed by atoms with E-state index in [9.17, 15) is 5.21 Å². The highest BCUT2D eigenvalue weighted by atomic mass is 16.5. The van der Waals surface area contributed by atoms with Crippen LogP contribution in [0.2, 0.25) is 0 Å². The molecule has 0 aliphatic rings. The van der Waals surface area contributed by atoms with E-state index in [1.807, 2.05) is 48.5 Å². The lowest BCUT2D eigenvalue weighted by atomic mass is 10.1. The van der Waals surface area contributed by atoms with E-state index >= 15 is 0 Å². The van der Waals surface area contributed by atoms with Crippen LogP contribution < -0.4 is 4.73 Å². The number of pyridine rings is 1. The Morgan fingerprint density at radius 2 is 1.58 bits per heavy atom. The second-order valence-electron chi connectivity index (χ2n) is 4.22. The van der Waals surface area contributed by atoms with Crippen LogP contribution >= 0.6 is 0 Å². The first-order valence-electron chi connectivity index (χ1n) is 6.02. The van der Waals surface area contributed by atoms with Gasteiger partial charge in [0.05, 0.1) is 0 Å². The molecule has 0 amide bonds. The van der Waals surface area contributed by atoms with E-state index < -0.39 is 0 Å². The van der Waals surface area contributed by atoms with Gasteiger partial charge in [-0.3, -0.25) is 0 Å². The van der Waals surface area contributed by atoms with Gasteiger partial charge in [0, 0.05) is 28.6 Å². The first kappa shape index (κ1) is 11.3. The minimum absolute atomic E-state index is 0.660. The summed E-state index contributed by atoms with van der Waals surface area (Å²) < 4.78 is 0.865. The number of fused-ring (bicyclic) bond motifs is 1. The molecule has 0 unspecified atom stereocenters. The summed E-state index contributed by atoms with van der Waals surface area (Å²) in [6.45, 7) is 0. The Hall–Kier alpha value is -2.79. The molecule has 0 fully saturated rings. The molecule has 3 aromatic rings. The van der Waals surface area contributed by atoms with Crippen LogP contribution in [-0.2, 0) is 0 Å². The molecule has 0 N–H and O–H groups in total. The first-order chi connectivity index (χ1) is 9.33. The largest absolute Gasteiger partial charge is 0.618 e. The van der Waals surface area contributed by atoms with Crippen LogP contribution in [0, 0.1) is 17.0 Å². The predicted molar refractivity (Wildman–Crippen MR) is 75.3 cm³/mol. The van der Waals surface area contributed by atoms with Gasteiger partial charge in [-0.15, -0.1) is 0 Å². The lowest BCUT2D eigenvalue weighted by Gasteiger charge is -2.00. The molecule has 0 aliphatic heterocycles. The first-order valence-corrected chi connectivity index (χ1v) is 6.02. The highest BCUT2D eigenvalue weighted by molar-refractivity contribution is 5.77. The zero-order valence-corrected chi connectivity index (χ0v) is 10.2. The van der Waals surface area contributed by atoms with Gasteiger partial charge in [0.25, 0.3) is 0 Å². The number of aromatic nitrogens is 1. The van der Waals surface area contributed by atoms with E-state index in [-0.39, 0.29) is 0 Å². The maximum atomic E-state index is 11.5. The van der Waals surface area contributed by atoms with Gasteiger partial charge in [0.15, 0.2) is 6.20 Å². The molecule has 0 bridgehead atoms. The van der Waals surface area contributed by atoms with Gasteiger partial charge in [-0.25, -0.2) is 0 Å². The SMILES string of the molecule is [O-][n+]1cccc2cc(C#Cc3ccccc3)ccc21. The van der Waals surface area contributed by atoms with Gasteiger partial charge in [-0.1, -0.05) is 30.0 Å². The fraction of sp³-hybridized carbons (Fsp3) is 0. The van der Waals surface area contributed by atoms with Crippen LogP contribution in [0.1, 0.15) is 11.1 Å². The molecule has 90 valence electrons. The Morgan fingerprint density at radius 1 is 0.789 bits per heavy atom. The maximum absolute atomic E-state index is 11.5. The van der Waals surface area contributed by atoms with Crippen LogP contribution in [-0.4, -0.2) is 0 Å². The summed E-state index contributed by atoms with van der Waals surface area (Å²) >= 11 is 0. The standard InChI is InChI=1S/C17H11NO/c19-18-12-4-7-16-13-15(10-11-17(16)18)9-8-14-5-2-1-3-6-14/h1-7,10-13H. The zero-order valence-electron chi connectivity index (χ0n) is 10.2. The van der Waals surface area contributed by atoms with Gasteiger partial charge in [-0.2, -0.15) is 4.73 Å². The summed E-state index contributed by atoms with van der Waals surface area (Å²) in [5.41, 5.74) is 2.55. The molecule has 2 aromatic carbocycles. The van der Waals surface area contributed by atoms with Crippen molar-refractivity contribution in [3.63, 3.8) is 0 Å². The highest BCUT2D eigenvalue weighted by Crippen LogP contribution is 2.11. The average molecular weight is 245 g/mol. The van der Waals surface area contributed by atoms with Crippen molar-refractivity contribution in [1.29, 1.82) is 0 Å². The third-order valence-electron chi connectivity index (χ3n) is 2.89. The van der Waals surface area contributed by atoms with E-state index in [4.69, 9.17) is 0 Å². The number of hydrogen-bond acceptors (Lipinski definition) is 1. The molecule has 2 heteroatoms. The summed E-state index contributed by atoms with van der Waals surface area (Å²) in [5.74, 6) is 6.22. The van der Waals surface area contributed by atoms with Crippen molar-refractivity contribution >= 4 is 10.9 Å². The van der Waals surface area contributed by atoms with Gasteiger partial charge in [0.1, 0.15) is 0 Å². The Bertz CT molecular complexity index is 782. The van der Waals surface area contributed by atoms with E-state index in [0.717, 1.165) is 21.2 Å². The zero-order chi connectivity index (χ0) is 13.1. The monoisotopic (exact) mass is 245 g/mol. The predicted octanol–water partition coefficient (Wildman–Crippen LogP) is 2.87. The molecule has 0 aliphatic carbocycles. The van der Waals surface area contributed by atoms with E-state index in [2.05, 4.69) is 11.8 Å². The Balaban J connectivity index is 2.01. The summed E-state index contributed by atoms with van der Waals surface area (Å²) in [6, 6.07) is 19.1. The molecule has 3 rings (SSSR count). The van der Waals surface area contributed by atoms with Crippen molar-refractivity contribution in [2.24, 2.45) is 0 Å². The molecule has 0 atom stereocenters. The van der Waals surface area contributed by atoms with E-state index in [0.29, 0.717) is 5.52 Å². The Morgan fingerprint density at radius 3 is 2.42 bits per heavy atom. The molecule has 1 heterocycles. The van der Waals surface area contributed by atoms with Crippen LogP contribution in [0.5, 0.6) is 0 Å². The lowest BCUT2D eigenvalue weighted by Crippen LogP contribution is -2.25. The molecule has 1 aromatic heterocycles. The Labute approximate surface area is 111 Å².